The maximum absolute atomic E-state index is 4.74. The number of thiazole rings is 1. The van der Waals surface area contributed by atoms with Crippen LogP contribution in [0.25, 0.3) is 0 Å². The first-order valence-electron chi connectivity index (χ1n) is 9.18. The van der Waals surface area contributed by atoms with E-state index in [9.17, 15) is 0 Å². The summed E-state index contributed by atoms with van der Waals surface area (Å²) in [5.74, 6) is 0.843. The number of aromatic nitrogens is 1. The highest BCUT2D eigenvalue weighted by Crippen LogP contribution is 2.25. The van der Waals surface area contributed by atoms with E-state index in [0.717, 1.165) is 31.2 Å². The molecule has 0 spiro atoms. The van der Waals surface area contributed by atoms with Crippen LogP contribution in [0.15, 0.2) is 40.7 Å². The summed E-state index contributed by atoms with van der Waals surface area (Å²) in [6.45, 7) is 9.35. The monoisotopic (exact) mass is 371 g/mol. The Morgan fingerprint density at radius 1 is 1.31 bits per heavy atom. The molecule has 1 aliphatic heterocycles. The summed E-state index contributed by atoms with van der Waals surface area (Å²) in [6.07, 6.45) is 1.11. The molecular weight excluding hydrogens is 342 g/mol. The molecule has 1 unspecified atom stereocenters. The summed E-state index contributed by atoms with van der Waals surface area (Å²) >= 11 is 1.73. The van der Waals surface area contributed by atoms with E-state index in [1.165, 1.54) is 10.7 Å². The second-order valence-corrected chi connectivity index (χ2v) is 8.59. The molecule has 1 aromatic heterocycles. The van der Waals surface area contributed by atoms with Gasteiger partial charge in [0.05, 0.1) is 17.2 Å². The van der Waals surface area contributed by atoms with Gasteiger partial charge in [-0.2, -0.15) is 0 Å². The molecule has 26 heavy (non-hydrogen) atoms. The molecule has 1 atom stereocenters. The number of rotatable bonds is 4. The third-order valence-corrected chi connectivity index (χ3v) is 5.82. The topological polar surface area (TPSA) is 52.6 Å². The molecule has 1 aliphatic rings. The summed E-state index contributed by atoms with van der Waals surface area (Å²) in [4.78, 5) is 11.5. The summed E-state index contributed by atoms with van der Waals surface area (Å²) in [5.41, 5.74) is 2.46. The zero-order chi connectivity index (χ0) is 18.6. The van der Waals surface area contributed by atoms with Crippen LogP contribution in [0.1, 0.15) is 37.9 Å². The van der Waals surface area contributed by atoms with Gasteiger partial charge in [0, 0.05) is 42.7 Å². The predicted molar refractivity (Wildman–Crippen MR) is 111 cm³/mol. The Kier molecular flexibility index (Phi) is 5.81. The number of hydrogen-bond donors (Lipinski definition) is 2. The molecule has 3 rings (SSSR count). The van der Waals surface area contributed by atoms with Gasteiger partial charge in [-0.3, -0.25) is 4.99 Å². The second kappa shape index (κ2) is 8.08. The number of aliphatic imine (C=N–C) groups is 1. The van der Waals surface area contributed by atoms with Gasteiger partial charge in [0.25, 0.3) is 0 Å². The molecule has 2 heterocycles. The van der Waals surface area contributed by atoms with Crippen LogP contribution >= 0.6 is 11.3 Å². The van der Waals surface area contributed by atoms with E-state index < -0.39 is 0 Å². The first kappa shape index (κ1) is 18.7. The number of benzene rings is 1. The maximum atomic E-state index is 4.74. The van der Waals surface area contributed by atoms with Gasteiger partial charge in [-0.05, 0) is 18.6 Å². The van der Waals surface area contributed by atoms with Crippen molar-refractivity contribution >= 4 is 23.0 Å². The van der Waals surface area contributed by atoms with Crippen LogP contribution in [0.4, 0.5) is 5.69 Å². The Morgan fingerprint density at radius 3 is 2.73 bits per heavy atom. The molecule has 1 saturated heterocycles. The van der Waals surface area contributed by atoms with E-state index in [0.29, 0.717) is 12.6 Å². The van der Waals surface area contributed by atoms with E-state index in [4.69, 9.17) is 4.98 Å². The summed E-state index contributed by atoms with van der Waals surface area (Å²) in [7, 11) is 1.82. The molecule has 0 amide bonds. The van der Waals surface area contributed by atoms with Crippen LogP contribution in [0.5, 0.6) is 0 Å². The van der Waals surface area contributed by atoms with Gasteiger partial charge in [-0.25, -0.2) is 4.98 Å². The van der Waals surface area contributed by atoms with Gasteiger partial charge in [0.15, 0.2) is 5.96 Å². The minimum atomic E-state index is 0.105. The Labute approximate surface area is 160 Å². The normalized spacial score (nSPS) is 18.2. The van der Waals surface area contributed by atoms with E-state index in [2.05, 4.69) is 77.0 Å². The van der Waals surface area contributed by atoms with Crippen molar-refractivity contribution in [3.8, 4) is 0 Å². The highest BCUT2D eigenvalue weighted by atomic mass is 32.1. The van der Waals surface area contributed by atoms with Crippen molar-refractivity contribution in [2.45, 2.75) is 45.2 Å². The number of nitrogens with one attached hydrogen (secondary N) is 2. The van der Waals surface area contributed by atoms with Crippen molar-refractivity contribution in [2.75, 3.05) is 25.0 Å². The van der Waals surface area contributed by atoms with Gasteiger partial charge >= 0.3 is 0 Å². The van der Waals surface area contributed by atoms with Crippen molar-refractivity contribution in [1.82, 2.24) is 15.6 Å². The fraction of sp³-hybridized carbons (Fsp3) is 0.500. The zero-order valence-corrected chi connectivity index (χ0v) is 16.9. The molecule has 1 fully saturated rings. The molecule has 140 valence electrons. The second-order valence-electron chi connectivity index (χ2n) is 7.73. The maximum Gasteiger partial charge on any atom is 0.191 e. The van der Waals surface area contributed by atoms with Crippen molar-refractivity contribution < 1.29 is 0 Å². The van der Waals surface area contributed by atoms with Gasteiger partial charge in [-0.1, -0.05) is 39.0 Å². The van der Waals surface area contributed by atoms with Gasteiger partial charge in [-0.15, -0.1) is 11.3 Å². The fourth-order valence-corrected chi connectivity index (χ4v) is 3.95. The van der Waals surface area contributed by atoms with Crippen LogP contribution in [-0.2, 0) is 12.0 Å². The molecule has 0 bridgehead atoms. The van der Waals surface area contributed by atoms with E-state index in [1.54, 1.807) is 11.3 Å². The molecular formula is C20H29N5S. The van der Waals surface area contributed by atoms with Crippen molar-refractivity contribution in [3.05, 3.63) is 46.4 Å². The minimum absolute atomic E-state index is 0.105. The average Bonchev–Trinajstić information content (AvgIpc) is 3.28. The molecule has 0 radical (unpaired) electrons. The minimum Gasteiger partial charge on any atom is -0.369 e. The molecule has 5 nitrogen and oxygen atoms in total. The van der Waals surface area contributed by atoms with E-state index >= 15 is 0 Å². The SMILES string of the molecule is CN=C(NCc1csc(C(C)(C)C)n1)NC1CCN(c2ccccc2)C1. The van der Waals surface area contributed by atoms with E-state index in [-0.39, 0.29) is 5.41 Å². The Bertz CT molecular complexity index is 732. The lowest BCUT2D eigenvalue weighted by atomic mass is 9.98. The number of para-hydroxylation sites is 1. The van der Waals surface area contributed by atoms with Gasteiger partial charge in [0.2, 0.25) is 0 Å². The smallest absolute Gasteiger partial charge is 0.191 e. The Hall–Kier alpha value is -2.08. The summed E-state index contributed by atoms with van der Waals surface area (Å²) < 4.78 is 0. The number of guanidine groups is 1. The molecule has 6 heteroatoms. The molecule has 0 saturated carbocycles. The first-order valence-corrected chi connectivity index (χ1v) is 10.1. The number of anilines is 1. The summed E-state index contributed by atoms with van der Waals surface area (Å²) in [6, 6.07) is 11.0. The highest BCUT2D eigenvalue weighted by molar-refractivity contribution is 7.09. The van der Waals surface area contributed by atoms with E-state index in [1.807, 2.05) is 7.05 Å². The fourth-order valence-electron chi connectivity index (χ4n) is 3.05. The lowest BCUT2D eigenvalue weighted by molar-refractivity contribution is 0.582. The summed E-state index contributed by atoms with van der Waals surface area (Å²) in [5, 5.41) is 10.2. The van der Waals surface area contributed by atoms with Crippen LogP contribution < -0.4 is 15.5 Å². The van der Waals surface area contributed by atoms with Crippen LogP contribution in [0.2, 0.25) is 0 Å². The highest BCUT2D eigenvalue weighted by Gasteiger charge is 2.23. The molecule has 2 aromatic rings. The quantitative estimate of drug-likeness (QED) is 0.639. The van der Waals surface area contributed by atoms with Crippen LogP contribution in [0.3, 0.4) is 0 Å². The predicted octanol–water partition coefficient (Wildman–Crippen LogP) is 3.38. The van der Waals surface area contributed by atoms with Gasteiger partial charge < -0.3 is 15.5 Å². The Balaban J connectivity index is 1.50. The number of hydrogen-bond acceptors (Lipinski definition) is 4. The lowest BCUT2D eigenvalue weighted by Gasteiger charge is -2.20. The molecule has 0 aliphatic carbocycles. The van der Waals surface area contributed by atoms with Crippen LogP contribution in [-0.4, -0.2) is 37.1 Å². The largest absolute Gasteiger partial charge is 0.369 e. The molecule has 2 N–H and O–H groups in total. The average molecular weight is 372 g/mol. The third-order valence-electron chi connectivity index (χ3n) is 4.50. The number of nitrogens with zero attached hydrogens (tertiary/aromatic N) is 3. The van der Waals surface area contributed by atoms with Gasteiger partial charge in [0.1, 0.15) is 0 Å². The first-order chi connectivity index (χ1) is 12.5. The zero-order valence-electron chi connectivity index (χ0n) is 16.1. The standard InChI is InChI=1S/C20H29N5S/c1-20(2,3)18-23-16(14-26-18)12-22-19(21-4)24-15-10-11-25(13-15)17-8-6-5-7-9-17/h5-9,14-15H,10-13H2,1-4H3,(H2,21,22,24). The lowest BCUT2D eigenvalue weighted by Crippen LogP contribution is -2.44. The third kappa shape index (κ3) is 4.75. The van der Waals surface area contributed by atoms with Crippen molar-refractivity contribution in [2.24, 2.45) is 4.99 Å². The van der Waals surface area contributed by atoms with Crippen molar-refractivity contribution in [3.63, 3.8) is 0 Å². The molecule has 1 aromatic carbocycles. The van der Waals surface area contributed by atoms with Crippen LogP contribution in [0, 0.1) is 0 Å². The Morgan fingerprint density at radius 2 is 2.08 bits per heavy atom. The van der Waals surface area contributed by atoms with Crippen molar-refractivity contribution in [1.29, 1.82) is 0 Å².